The zero-order valence-corrected chi connectivity index (χ0v) is 9.29. The van der Waals surface area contributed by atoms with Crippen LogP contribution in [0.15, 0.2) is 0 Å². The second-order valence-corrected chi connectivity index (χ2v) is 3.99. The third kappa shape index (κ3) is 3.63. The van der Waals surface area contributed by atoms with Gasteiger partial charge >= 0.3 is 0 Å². The lowest BCUT2D eigenvalue weighted by atomic mass is 9.94. The van der Waals surface area contributed by atoms with Crippen LogP contribution >= 0.6 is 0 Å². The van der Waals surface area contributed by atoms with Gasteiger partial charge in [-0.05, 0) is 19.9 Å². The molecule has 0 spiro atoms. The van der Waals surface area contributed by atoms with E-state index in [1.165, 1.54) is 6.42 Å². The van der Waals surface area contributed by atoms with E-state index in [9.17, 15) is 9.59 Å². The van der Waals surface area contributed by atoms with E-state index in [0.717, 1.165) is 25.7 Å². The van der Waals surface area contributed by atoms with E-state index in [1.54, 1.807) is 11.9 Å². The largest absolute Gasteiger partial charge is 0.331 e. The maximum atomic E-state index is 11.7. The first-order chi connectivity index (χ1) is 7.29. The lowest BCUT2D eigenvalue weighted by Crippen LogP contribution is -2.45. The zero-order chi connectivity index (χ0) is 11.1. The van der Waals surface area contributed by atoms with Gasteiger partial charge < -0.3 is 10.2 Å². The van der Waals surface area contributed by atoms with Crippen molar-refractivity contribution in [2.45, 2.75) is 38.1 Å². The molecule has 4 heteroatoms. The molecule has 0 saturated heterocycles. The van der Waals surface area contributed by atoms with Gasteiger partial charge in [-0.15, -0.1) is 0 Å². The van der Waals surface area contributed by atoms with Crippen LogP contribution in [-0.4, -0.2) is 43.3 Å². The summed E-state index contributed by atoms with van der Waals surface area (Å²) in [6.45, 7) is 0.420. The summed E-state index contributed by atoms with van der Waals surface area (Å²) in [6, 6.07) is 0.251. The van der Waals surface area contributed by atoms with Gasteiger partial charge in [0.15, 0.2) is 0 Å². The number of rotatable bonds is 5. The molecule has 0 aliphatic heterocycles. The normalized spacial score (nSPS) is 17.4. The van der Waals surface area contributed by atoms with E-state index in [1.807, 2.05) is 6.29 Å². The zero-order valence-electron chi connectivity index (χ0n) is 9.29. The minimum atomic E-state index is 0.00718. The Hall–Kier alpha value is -0.900. The van der Waals surface area contributed by atoms with Crippen LogP contribution < -0.4 is 5.32 Å². The predicted octanol–water partition coefficient (Wildman–Crippen LogP) is 0.477. The molecule has 1 fully saturated rings. The highest BCUT2D eigenvalue weighted by Gasteiger charge is 2.24. The fourth-order valence-electron chi connectivity index (χ4n) is 2.14. The van der Waals surface area contributed by atoms with E-state index < -0.39 is 0 Å². The SMILES string of the molecule is CNCC(=O)N(C[C]=O)C1CCCCC1. The number of nitrogens with zero attached hydrogens (tertiary/aromatic N) is 1. The van der Waals surface area contributed by atoms with Crippen molar-refractivity contribution in [2.24, 2.45) is 0 Å². The number of nitrogens with one attached hydrogen (secondary N) is 1. The fraction of sp³-hybridized carbons (Fsp3) is 0.818. The Morgan fingerprint density at radius 2 is 2.07 bits per heavy atom. The van der Waals surface area contributed by atoms with Crippen LogP contribution in [0, 0.1) is 0 Å². The van der Waals surface area contributed by atoms with Crippen LogP contribution in [-0.2, 0) is 9.59 Å². The minimum Gasteiger partial charge on any atom is -0.331 e. The van der Waals surface area contributed by atoms with Crippen LogP contribution in [0.1, 0.15) is 32.1 Å². The molecule has 15 heavy (non-hydrogen) atoms. The number of carbonyl (C=O) groups is 1. The minimum absolute atomic E-state index is 0.00718. The molecular weight excluding hydrogens is 192 g/mol. The highest BCUT2D eigenvalue weighted by Crippen LogP contribution is 2.22. The average Bonchev–Trinajstić information content (AvgIpc) is 2.27. The highest BCUT2D eigenvalue weighted by atomic mass is 16.2. The first-order valence-corrected chi connectivity index (χ1v) is 5.58. The van der Waals surface area contributed by atoms with Gasteiger partial charge in [0.25, 0.3) is 0 Å². The summed E-state index contributed by atoms with van der Waals surface area (Å²) in [5.41, 5.74) is 0. The van der Waals surface area contributed by atoms with Crippen LogP contribution in [0.3, 0.4) is 0 Å². The summed E-state index contributed by atoms with van der Waals surface area (Å²) in [4.78, 5) is 23.8. The molecule has 0 aromatic carbocycles. The summed E-state index contributed by atoms with van der Waals surface area (Å²) >= 11 is 0. The molecule has 1 aliphatic carbocycles. The Kier molecular flexibility index (Phi) is 5.32. The molecule has 85 valence electrons. The van der Waals surface area contributed by atoms with Crippen LogP contribution in [0.4, 0.5) is 0 Å². The Balaban J connectivity index is 2.54. The molecule has 1 N–H and O–H groups in total. The lowest BCUT2D eigenvalue weighted by Gasteiger charge is -2.32. The van der Waals surface area contributed by atoms with Gasteiger partial charge in [0.05, 0.1) is 13.1 Å². The quantitative estimate of drug-likeness (QED) is 0.719. The fourth-order valence-corrected chi connectivity index (χ4v) is 2.14. The van der Waals surface area contributed by atoms with Gasteiger partial charge in [-0.3, -0.25) is 9.59 Å². The van der Waals surface area contributed by atoms with E-state index in [2.05, 4.69) is 5.32 Å². The second-order valence-electron chi connectivity index (χ2n) is 3.99. The van der Waals surface area contributed by atoms with Crippen molar-refractivity contribution in [3.05, 3.63) is 0 Å². The standard InChI is InChI=1S/C11H19N2O2/c1-12-9-11(15)13(7-8-14)10-5-3-2-4-6-10/h10,12H,2-7,9H2,1H3. The summed E-state index contributed by atoms with van der Waals surface area (Å²) in [5, 5.41) is 2.82. The molecule has 1 aliphatic rings. The summed E-state index contributed by atoms with van der Waals surface area (Å²) in [5.74, 6) is 0.00718. The number of carbonyl (C=O) groups excluding carboxylic acids is 2. The molecule has 1 saturated carbocycles. The van der Waals surface area contributed by atoms with Crippen molar-refractivity contribution in [1.82, 2.24) is 10.2 Å². The van der Waals surface area contributed by atoms with E-state index in [0.29, 0.717) is 6.54 Å². The van der Waals surface area contributed by atoms with Crippen LogP contribution in [0.5, 0.6) is 0 Å². The maximum absolute atomic E-state index is 11.7. The summed E-state index contributed by atoms with van der Waals surface area (Å²) in [7, 11) is 1.74. The van der Waals surface area contributed by atoms with E-state index in [-0.39, 0.29) is 18.5 Å². The number of likely N-dealkylation sites (N-methyl/N-ethyl adjacent to an activating group) is 1. The lowest BCUT2D eigenvalue weighted by molar-refractivity contribution is -0.132. The van der Waals surface area contributed by atoms with Gasteiger partial charge in [0.1, 0.15) is 0 Å². The van der Waals surface area contributed by atoms with E-state index >= 15 is 0 Å². The van der Waals surface area contributed by atoms with Gasteiger partial charge in [0.2, 0.25) is 12.2 Å². The first-order valence-electron chi connectivity index (χ1n) is 5.58. The first kappa shape index (κ1) is 12.2. The van der Waals surface area contributed by atoms with Crippen molar-refractivity contribution in [3.8, 4) is 0 Å². The molecule has 4 nitrogen and oxygen atoms in total. The molecule has 0 bridgehead atoms. The third-order valence-electron chi connectivity index (χ3n) is 2.90. The van der Waals surface area contributed by atoms with Crippen molar-refractivity contribution >= 4 is 12.2 Å². The van der Waals surface area contributed by atoms with Crippen molar-refractivity contribution in [2.75, 3.05) is 20.1 Å². The smallest absolute Gasteiger partial charge is 0.237 e. The molecule has 0 heterocycles. The van der Waals surface area contributed by atoms with Crippen LogP contribution in [0.25, 0.3) is 0 Å². The van der Waals surface area contributed by atoms with Gasteiger partial charge in [-0.2, -0.15) is 0 Å². The Bertz CT molecular complexity index is 213. The monoisotopic (exact) mass is 211 g/mol. The molecule has 1 rings (SSSR count). The molecule has 0 unspecified atom stereocenters. The Morgan fingerprint density at radius 3 is 2.60 bits per heavy atom. The molecule has 0 aromatic rings. The van der Waals surface area contributed by atoms with Crippen molar-refractivity contribution in [1.29, 1.82) is 0 Å². The topological polar surface area (TPSA) is 49.4 Å². The van der Waals surface area contributed by atoms with Crippen LogP contribution in [0.2, 0.25) is 0 Å². The van der Waals surface area contributed by atoms with Crippen molar-refractivity contribution in [3.63, 3.8) is 0 Å². The Labute approximate surface area is 91.0 Å². The van der Waals surface area contributed by atoms with Gasteiger partial charge in [-0.1, -0.05) is 19.3 Å². The molecule has 1 amide bonds. The van der Waals surface area contributed by atoms with E-state index in [4.69, 9.17) is 0 Å². The average molecular weight is 211 g/mol. The highest BCUT2D eigenvalue weighted by molar-refractivity contribution is 5.80. The Morgan fingerprint density at radius 1 is 1.40 bits per heavy atom. The molecule has 1 radical (unpaired) electrons. The van der Waals surface area contributed by atoms with Crippen molar-refractivity contribution < 1.29 is 9.59 Å². The molecule has 0 aromatic heterocycles. The number of hydrogen-bond acceptors (Lipinski definition) is 3. The molecule has 0 atom stereocenters. The van der Waals surface area contributed by atoms with Gasteiger partial charge in [-0.25, -0.2) is 0 Å². The summed E-state index contributed by atoms with van der Waals surface area (Å²) < 4.78 is 0. The number of hydrogen-bond donors (Lipinski definition) is 1. The second kappa shape index (κ2) is 6.56. The summed E-state index contributed by atoms with van der Waals surface area (Å²) in [6.07, 6.45) is 7.45. The molecular formula is C11H19N2O2. The maximum Gasteiger partial charge on any atom is 0.237 e. The third-order valence-corrected chi connectivity index (χ3v) is 2.90. The van der Waals surface area contributed by atoms with Gasteiger partial charge in [0, 0.05) is 6.04 Å². The number of amides is 1. The predicted molar refractivity (Wildman–Crippen MR) is 58.2 cm³/mol.